The van der Waals surface area contributed by atoms with Crippen molar-refractivity contribution in [1.82, 2.24) is 0 Å². The highest BCUT2D eigenvalue weighted by atomic mass is 35.5. The Labute approximate surface area is 179 Å². The highest BCUT2D eigenvalue weighted by molar-refractivity contribution is 7.92. The first-order chi connectivity index (χ1) is 14.2. The quantitative estimate of drug-likeness (QED) is 0.607. The van der Waals surface area contributed by atoms with Crippen LogP contribution in [0.3, 0.4) is 0 Å². The fourth-order valence-electron chi connectivity index (χ4n) is 2.68. The minimum absolute atomic E-state index is 0.102. The van der Waals surface area contributed by atoms with Crippen LogP contribution < -0.4 is 15.4 Å². The molecule has 30 heavy (non-hydrogen) atoms. The van der Waals surface area contributed by atoms with Gasteiger partial charge in [0, 0.05) is 28.9 Å². The summed E-state index contributed by atoms with van der Waals surface area (Å²) >= 11 is 5.82. The molecule has 0 radical (unpaired) electrons. The van der Waals surface area contributed by atoms with E-state index >= 15 is 0 Å². The van der Waals surface area contributed by atoms with Crippen molar-refractivity contribution in [3.8, 4) is 0 Å². The van der Waals surface area contributed by atoms with Gasteiger partial charge in [0.05, 0.1) is 10.6 Å². The number of nitrogens with zero attached hydrogens (tertiary/aromatic N) is 1. The minimum atomic E-state index is -3.77. The number of hydrogen-bond acceptors (Lipinski definition) is 4. The van der Waals surface area contributed by atoms with E-state index in [-0.39, 0.29) is 10.5 Å². The summed E-state index contributed by atoms with van der Waals surface area (Å²) in [5.74, 6) is -1.01. The molecule has 7 nitrogen and oxygen atoms in total. The number of anilines is 2. The summed E-state index contributed by atoms with van der Waals surface area (Å²) in [5.41, 5.74) is 6.64. The summed E-state index contributed by atoms with van der Waals surface area (Å²) < 4.78 is 26.6. The highest BCUT2D eigenvalue weighted by Gasteiger charge is 2.21. The summed E-state index contributed by atoms with van der Waals surface area (Å²) in [5, 5.41) is 3.11. The van der Waals surface area contributed by atoms with Gasteiger partial charge < -0.3 is 11.1 Å². The van der Waals surface area contributed by atoms with Gasteiger partial charge in [-0.2, -0.15) is 0 Å². The Kier molecular flexibility index (Phi) is 6.09. The molecule has 0 aromatic heterocycles. The van der Waals surface area contributed by atoms with Gasteiger partial charge in [-0.1, -0.05) is 17.7 Å². The van der Waals surface area contributed by atoms with E-state index < -0.39 is 21.8 Å². The summed E-state index contributed by atoms with van der Waals surface area (Å²) in [6, 6.07) is 18.2. The Hall–Kier alpha value is -3.36. The summed E-state index contributed by atoms with van der Waals surface area (Å²) in [7, 11) is -2.35. The maximum Gasteiger partial charge on any atom is 0.264 e. The molecule has 0 heterocycles. The summed E-state index contributed by atoms with van der Waals surface area (Å²) in [6.07, 6.45) is 0. The third-order valence-corrected chi connectivity index (χ3v) is 6.42. The molecule has 3 aromatic carbocycles. The van der Waals surface area contributed by atoms with Gasteiger partial charge >= 0.3 is 0 Å². The van der Waals surface area contributed by atoms with Crippen LogP contribution >= 0.6 is 11.6 Å². The molecule has 0 spiro atoms. The molecule has 0 saturated heterocycles. The Morgan fingerprint density at radius 2 is 1.57 bits per heavy atom. The number of sulfonamides is 1. The Morgan fingerprint density at radius 1 is 0.933 bits per heavy atom. The third-order valence-electron chi connectivity index (χ3n) is 4.37. The number of nitrogens with two attached hydrogens (primary N) is 1. The average Bonchev–Trinajstić information content (AvgIpc) is 2.73. The van der Waals surface area contributed by atoms with Gasteiger partial charge in [-0.05, 0) is 66.7 Å². The van der Waals surface area contributed by atoms with Crippen LogP contribution in [0, 0.1) is 0 Å². The molecule has 0 atom stereocenters. The zero-order chi connectivity index (χ0) is 21.9. The first-order valence-corrected chi connectivity index (χ1v) is 10.6. The maximum absolute atomic E-state index is 12.8. The van der Waals surface area contributed by atoms with Crippen LogP contribution in [0.5, 0.6) is 0 Å². The minimum Gasteiger partial charge on any atom is -0.366 e. The van der Waals surface area contributed by atoms with Crippen molar-refractivity contribution in [2.45, 2.75) is 4.90 Å². The van der Waals surface area contributed by atoms with Crippen molar-refractivity contribution in [1.29, 1.82) is 0 Å². The van der Waals surface area contributed by atoms with Crippen LogP contribution in [-0.2, 0) is 10.0 Å². The van der Waals surface area contributed by atoms with Gasteiger partial charge in [-0.3, -0.25) is 13.9 Å². The van der Waals surface area contributed by atoms with Gasteiger partial charge in [0.1, 0.15) is 0 Å². The molecule has 0 unspecified atom stereocenters. The number of rotatable bonds is 6. The smallest absolute Gasteiger partial charge is 0.264 e. The second-order valence-electron chi connectivity index (χ2n) is 6.37. The molecule has 0 saturated carbocycles. The Bertz CT molecular complexity index is 1190. The number of carbonyl (C=O) groups is 2. The van der Waals surface area contributed by atoms with Crippen LogP contribution in [0.1, 0.15) is 20.7 Å². The van der Waals surface area contributed by atoms with Crippen molar-refractivity contribution in [3.63, 3.8) is 0 Å². The molecule has 2 amide bonds. The number of primary amides is 1. The Morgan fingerprint density at radius 3 is 2.17 bits per heavy atom. The van der Waals surface area contributed by atoms with Crippen molar-refractivity contribution >= 4 is 44.8 Å². The van der Waals surface area contributed by atoms with E-state index in [1.165, 1.54) is 61.6 Å². The average molecular weight is 444 g/mol. The fraction of sp³-hybridized carbons (Fsp3) is 0.0476. The number of benzene rings is 3. The SMILES string of the molecule is CN(c1ccc(C(=O)Nc2cccc(C(N)=O)c2)cc1)S(=O)(=O)c1ccc(Cl)cc1. The largest absolute Gasteiger partial charge is 0.366 e. The molecule has 3 aromatic rings. The molecule has 9 heteroatoms. The van der Waals surface area contributed by atoms with E-state index in [0.717, 1.165) is 4.31 Å². The van der Waals surface area contributed by atoms with Crippen LogP contribution in [-0.4, -0.2) is 27.3 Å². The standard InChI is InChI=1S/C21H18ClN3O4S/c1-25(30(28,29)19-11-7-16(22)8-12-19)18-9-5-14(6-10-18)21(27)24-17-4-2-3-15(13-17)20(23)26/h2-13H,1H3,(H2,23,26)(H,24,27). The molecule has 0 aliphatic heterocycles. The topological polar surface area (TPSA) is 110 Å². The molecule has 154 valence electrons. The number of nitrogens with one attached hydrogen (secondary N) is 1. The van der Waals surface area contributed by atoms with Crippen LogP contribution in [0.2, 0.25) is 5.02 Å². The van der Waals surface area contributed by atoms with Crippen LogP contribution in [0.25, 0.3) is 0 Å². The lowest BCUT2D eigenvalue weighted by molar-refractivity contribution is 0.0996. The highest BCUT2D eigenvalue weighted by Crippen LogP contribution is 2.24. The zero-order valence-electron chi connectivity index (χ0n) is 15.9. The van der Waals surface area contributed by atoms with Gasteiger partial charge in [-0.15, -0.1) is 0 Å². The van der Waals surface area contributed by atoms with Crippen molar-refractivity contribution in [3.05, 3.63) is 88.9 Å². The zero-order valence-corrected chi connectivity index (χ0v) is 17.4. The van der Waals surface area contributed by atoms with E-state index in [2.05, 4.69) is 5.32 Å². The second-order valence-corrected chi connectivity index (χ2v) is 8.78. The van der Waals surface area contributed by atoms with E-state index in [0.29, 0.717) is 22.0 Å². The van der Waals surface area contributed by atoms with Gasteiger partial charge in [0.15, 0.2) is 0 Å². The first kappa shape index (κ1) is 21.4. The lowest BCUT2D eigenvalue weighted by Gasteiger charge is -2.20. The molecule has 3 rings (SSSR count). The summed E-state index contributed by atoms with van der Waals surface area (Å²) in [4.78, 5) is 23.8. The monoisotopic (exact) mass is 443 g/mol. The van der Waals surface area contributed by atoms with Crippen LogP contribution in [0.4, 0.5) is 11.4 Å². The van der Waals surface area contributed by atoms with Crippen LogP contribution in [0.15, 0.2) is 77.7 Å². The van der Waals surface area contributed by atoms with Crippen molar-refractivity contribution in [2.75, 3.05) is 16.7 Å². The number of amides is 2. The van der Waals surface area contributed by atoms with E-state index in [4.69, 9.17) is 17.3 Å². The molecule has 0 aliphatic carbocycles. The third kappa shape index (κ3) is 4.61. The van der Waals surface area contributed by atoms with E-state index in [1.54, 1.807) is 18.2 Å². The molecule has 0 aliphatic rings. The van der Waals surface area contributed by atoms with Crippen molar-refractivity contribution < 1.29 is 18.0 Å². The van der Waals surface area contributed by atoms with Gasteiger partial charge in [0.2, 0.25) is 5.91 Å². The molecular weight excluding hydrogens is 426 g/mol. The lowest BCUT2D eigenvalue weighted by Crippen LogP contribution is -2.26. The van der Waals surface area contributed by atoms with Gasteiger partial charge in [0.25, 0.3) is 15.9 Å². The maximum atomic E-state index is 12.8. The number of hydrogen-bond donors (Lipinski definition) is 2. The van der Waals surface area contributed by atoms with E-state index in [1.807, 2.05) is 0 Å². The van der Waals surface area contributed by atoms with E-state index in [9.17, 15) is 18.0 Å². The summed E-state index contributed by atoms with van der Waals surface area (Å²) in [6.45, 7) is 0. The van der Waals surface area contributed by atoms with Crippen molar-refractivity contribution in [2.24, 2.45) is 5.73 Å². The van der Waals surface area contributed by atoms with Gasteiger partial charge in [-0.25, -0.2) is 8.42 Å². The second kappa shape index (κ2) is 8.56. The Balaban J connectivity index is 1.77. The lowest BCUT2D eigenvalue weighted by atomic mass is 10.1. The molecule has 0 bridgehead atoms. The molecular formula is C21H18ClN3O4S. The molecule has 3 N–H and O–H groups in total. The predicted molar refractivity (Wildman–Crippen MR) is 116 cm³/mol. The molecule has 0 fully saturated rings. The first-order valence-electron chi connectivity index (χ1n) is 8.74. The predicted octanol–water partition coefficient (Wildman–Crippen LogP) is 3.52. The normalized spacial score (nSPS) is 11.0. The number of halogens is 1. The number of carbonyl (C=O) groups excluding carboxylic acids is 2. The fourth-order valence-corrected chi connectivity index (χ4v) is 4.00.